The number of benzene rings is 1. The van der Waals surface area contributed by atoms with Gasteiger partial charge in [-0.05, 0) is 38.1 Å². The second kappa shape index (κ2) is 6.05. The molecular formula is C13H19Cl2NO. The minimum absolute atomic E-state index is 0.614. The van der Waals surface area contributed by atoms with Gasteiger partial charge in [-0.25, -0.2) is 0 Å². The van der Waals surface area contributed by atoms with Gasteiger partial charge >= 0.3 is 0 Å². The number of rotatable bonds is 5. The molecule has 0 spiro atoms. The van der Waals surface area contributed by atoms with E-state index in [-0.39, 0.29) is 0 Å². The highest BCUT2D eigenvalue weighted by Crippen LogP contribution is 2.22. The molecule has 1 aromatic carbocycles. The van der Waals surface area contributed by atoms with Crippen LogP contribution in [0.5, 0.6) is 0 Å². The van der Waals surface area contributed by atoms with Gasteiger partial charge < -0.3 is 5.11 Å². The van der Waals surface area contributed by atoms with Crippen LogP contribution in [0.4, 0.5) is 0 Å². The summed E-state index contributed by atoms with van der Waals surface area (Å²) in [4.78, 5) is 2.15. The van der Waals surface area contributed by atoms with Crippen LogP contribution in [0.25, 0.3) is 0 Å². The van der Waals surface area contributed by atoms with E-state index in [0.717, 1.165) is 18.7 Å². The van der Waals surface area contributed by atoms with E-state index in [2.05, 4.69) is 11.8 Å². The number of nitrogens with zero attached hydrogens (tertiary/aromatic N) is 1. The van der Waals surface area contributed by atoms with E-state index in [1.165, 1.54) is 0 Å². The van der Waals surface area contributed by atoms with Crippen LogP contribution in [0.2, 0.25) is 10.0 Å². The molecule has 0 aliphatic carbocycles. The smallest absolute Gasteiger partial charge is 0.0718 e. The second-order valence-electron chi connectivity index (χ2n) is 4.85. The van der Waals surface area contributed by atoms with E-state index < -0.39 is 5.60 Å². The normalized spacial score (nSPS) is 12.2. The lowest BCUT2D eigenvalue weighted by Crippen LogP contribution is -2.38. The lowest BCUT2D eigenvalue weighted by molar-refractivity contribution is 0.0353. The summed E-state index contributed by atoms with van der Waals surface area (Å²) in [5.74, 6) is 0. The molecule has 0 aliphatic rings. The largest absolute Gasteiger partial charge is 0.389 e. The maximum Gasteiger partial charge on any atom is 0.0718 e. The first-order valence-electron chi connectivity index (χ1n) is 5.70. The molecule has 0 bridgehead atoms. The highest BCUT2D eigenvalue weighted by Gasteiger charge is 2.17. The Morgan fingerprint density at radius 1 is 1.29 bits per heavy atom. The first-order chi connectivity index (χ1) is 7.81. The quantitative estimate of drug-likeness (QED) is 0.888. The molecule has 0 aliphatic heterocycles. The number of hydrogen-bond donors (Lipinski definition) is 1. The van der Waals surface area contributed by atoms with Crippen LogP contribution < -0.4 is 0 Å². The Balaban J connectivity index is 2.74. The van der Waals surface area contributed by atoms with E-state index in [1.807, 2.05) is 12.1 Å². The van der Waals surface area contributed by atoms with Crippen molar-refractivity contribution in [2.24, 2.45) is 0 Å². The maximum atomic E-state index is 9.81. The summed E-state index contributed by atoms with van der Waals surface area (Å²) < 4.78 is 0. The van der Waals surface area contributed by atoms with Crippen molar-refractivity contribution in [2.45, 2.75) is 32.9 Å². The molecule has 17 heavy (non-hydrogen) atoms. The molecule has 0 aromatic heterocycles. The van der Waals surface area contributed by atoms with Crippen molar-refractivity contribution in [3.63, 3.8) is 0 Å². The Morgan fingerprint density at radius 2 is 1.94 bits per heavy atom. The molecule has 2 nitrogen and oxygen atoms in total. The molecule has 0 amide bonds. The molecule has 0 heterocycles. The van der Waals surface area contributed by atoms with E-state index in [0.29, 0.717) is 16.6 Å². The number of aliphatic hydroxyl groups is 1. The minimum atomic E-state index is -0.699. The molecule has 0 radical (unpaired) electrons. The summed E-state index contributed by atoms with van der Waals surface area (Å²) in [6.07, 6.45) is 0. The van der Waals surface area contributed by atoms with Crippen LogP contribution in [-0.2, 0) is 6.54 Å². The zero-order valence-corrected chi connectivity index (χ0v) is 12.0. The van der Waals surface area contributed by atoms with Crippen molar-refractivity contribution in [3.05, 3.63) is 33.8 Å². The lowest BCUT2D eigenvalue weighted by atomic mass is 10.1. The van der Waals surface area contributed by atoms with Crippen LogP contribution >= 0.6 is 23.2 Å². The highest BCUT2D eigenvalue weighted by atomic mass is 35.5. The standard InChI is InChI=1S/C13H19Cl2NO/c1-4-16(9-13(2,3)17)8-10-5-6-11(14)7-12(10)15/h5-7,17H,4,8-9H2,1-3H3. The zero-order chi connectivity index (χ0) is 13.1. The van der Waals surface area contributed by atoms with Gasteiger partial charge in [0.1, 0.15) is 0 Å². The summed E-state index contributed by atoms with van der Waals surface area (Å²) in [6.45, 7) is 7.87. The molecule has 0 saturated heterocycles. The Bertz CT molecular complexity index is 374. The van der Waals surface area contributed by atoms with Crippen molar-refractivity contribution in [2.75, 3.05) is 13.1 Å². The molecule has 0 atom stereocenters. The van der Waals surface area contributed by atoms with Gasteiger partial charge in [-0.2, -0.15) is 0 Å². The topological polar surface area (TPSA) is 23.5 Å². The summed E-state index contributed by atoms with van der Waals surface area (Å²) in [7, 11) is 0. The third-order valence-corrected chi connectivity index (χ3v) is 3.05. The average Bonchev–Trinajstić information content (AvgIpc) is 2.19. The third-order valence-electron chi connectivity index (χ3n) is 2.47. The van der Waals surface area contributed by atoms with Crippen molar-refractivity contribution in [1.29, 1.82) is 0 Å². The van der Waals surface area contributed by atoms with Crippen LogP contribution in [0.1, 0.15) is 26.3 Å². The second-order valence-corrected chi connectivity index (χ2v) is 5.70. The highest BCUT2D eigenvalue weighted by molar-refractivity contribution is 6.35. The van der Waals surface area contributed by atoms with Gasteiger partial charge in [-0.1, -0.05) is 36.2 Å². The molecule has 1 aromatic rings. The lowest BCUT2D eigenvalue weighted by Gasteiger charge is -2.28. The molecule has 0 fully saturated rings. The van der Waals surface area contributed by atoms with Crippen LogP contribution in [-0.4, -0.2) is 28.7 Å². The summed E-state index contributed by atoms with van der Waals surface area (Å²) in [5, 5.41) is 11.1. The summed E-state index contributed by atoms with van der Waals surface area (Å²) in [5.41, 5.74) is 0.330. The van der Waals surface area contributed by atoms with Crippen LogP contribution in [0.3, 0.4) is 0 Å². The first-order valence-corrected chi connectivity index (χ1v) is 6.46. The number of halogens is 2. The van der Waals surface area contributed by atoms with Gasteiger partial charge in [0.05, 0.1) is 5.60 Å². The molecular weight excluding hydrogens is 257 g/mol. The van der Waals surface area contributed by atoms with E-state index in [9.17, 15) is 5.11 Å². The Labute approximate surface area is 113 Å². The minimum Gasteiger partial charge on any atom is -0.389 e. The van der Waals surface area contributed by atoms with Crippen LogP contribution in [0, 0.1) is 0 Å². The van der Waals surface area contributed by atoms with Gasteiger partial charge in [0, 0.05) is 23.1 Å². The van der Waals surface area contributed by atoms with E-state index in [4.69, 9.17) is 23.2 Å². The van der Waals surface area contributed by atoms with Crippen molar-refractivity contribution >= 4 is 23.2 Å². The van der Waals surface area contributed by atoms with Crippen LogP contribution in [0.15, 0.2) is 18.2 Å². The van der Waals surface area contributed by atoms with Gasteiger partial charge in [0.2, 0.25) is 0 Å². The summed E-state index contributed by atoms with van der Waals surface area (Å²) in [6, 6.07) is 5.51. The fourth-order valence-electron chi connectivity index (χ4n) is 1.72. The number of likely N-dealkylation sites (N-methyl/N-ethyl adjacent to an activating group) is 1. The molecule has 0 saturated carbocycles. The predicted octanol–water partition coefficient (Wildman–Crippen LogP) is 3.59. The van der Waals surface area contributed by atoms with Crippen molar-refractivity contribution < 1.29 is 5.11 Å². The number of hydrogen-bond acceptors (Lipinski definition) is 2. The zero-order valence-electron chi connectivity index (χ0n) is 10.5. The van der Waals surface area contributed by atoms with Gasteiger partial charge in [-0.15, -0.1) is 0 Å². The monoisotopic (exact) mass is 275 g/mol. The predicted molar refractivity (Wildman–Crippen MR) is 73.7 cm³/mol. The Morgan fingerprint density at radius 3 is 2.41 bits per heavy atom. The van der Waals surface area contributed by atoms with E-state index in [1.54, 1.807) is 19.9 Å². The molecule has 1 N–H and O–H groups in total. The summed E-state index contributed by atoms with van der Waals surface area (Å²) >= 11 is 12.0. The van der Waals surface area contributed by atoms with Gasteiger partial charge in [0.15, 0.2) is 0 Å². The Kier molecular flexibility index (Phi) is 5.26. The fraction of sp³-hybridized carbons (Fsp3) is 0.538. The van der Waals surface area contributed by atoms with Gasteiger partial charge in [0.25, 0.3) is 0 Å². The van der Waals surface area contributed by atoms with Gasteiger partial charge in [-0.3, -0.25) is 4.90 Å². The molecule has 1 rings (SSSR count). The average molecular weight is 276 g/mol. The fourth-order valence-corrected chi connectivity index (χ4v) is 2.19. The molecule has 0 unspecified atom stereocenters. The third kappa shape index (κ3) is 5.26. The van der Waals surface area contributed by atoms with E-state index >= 15 is 0 Å². The van der Waals surface area contributed by atoms with Crippen molar-refractivity contribution in [3.8, 4) is 0 Å². The SMILES string of the molecule is CCN(Cc1ccc(Cl)cc1Cl)CC(C)(C)O. The molecule has 4 heteroatoms. The molecule has 96 valence electrons. The van der Waals surface area contributed by atoms with Crippen molar-refractivity contribution in [1.82, 2.24) is 4.90 Å². The first kappa shape index (κ1) is 14.8. The maximum absolute atomic E-state index is 9.81. The Hall–Kier alpha value is -0.280.